The first-order valence-electron chi connectivity index (χ1n) is 7.03. The summed E-state index contributed by atoms with van der Waals surface area (Å²) in [6.45, 7) is 0.963. The molecule has 1 fully saturated rings. The minimum absolute atomic E-state index is 0.0419. The van der Waals surface area contributed by atoms with Gasteiger partial charge in [-0.1, -0.05) is 0 Å². The van der Waals surface area contributed by atoms with E-state index in [1.807, 2.05) is 0 Å². The van der Waals surface area contributed by atoms with E-state index in [9.17, 15) is 19.7 Å². The van der Waals surface area contributed by atoms with E-state index in [2.05, 4.69) is 15.8 Å². The first-order valence-corrected chi connectivity index (χ1v) is 7.03. The number of hydrogen-bond donors (Lipinski definition) is 2. The van der Waals surface area contributed by atoms with Crippen molar-refractivity contribution in [2.75, 3.05) is 13.2 Å². The molecule has 0 spiro atoms. The molecule has 1 saturated heterocycles. The van der Waals surface area contributed by atoms with Crippen LogP contribution in [0.25, 0.3) is 0 Å². The Bertz CT molecular complexity index is 608. The van der Waals surface area contributed by atoms with Crippen LogP contribution in [-0.2, 0) is 14.3 Å². The van der Waals surface area contributed by atoms with Gasteiger partial charge in [-0.2, -0.15) is 5.10 Å². The molecule has 0 bridgehead atoms. The summed E-state index contributed by atoms with van der Waals surface area (Å²) in [5, 5.41) is 16.6. The van der Waals surface area contributed by atoms with Crippen LogP contribution in [0.5, 0.6) is 0 Å². The Morgan fingerprint density at radius 3 is 2.70 bits per heavy atom. The molecule has 9 nitrogen and oxygen atoms in total. The topological polar surface area (TPSA) is 123 Å². The van der Waals surface area contributed by atoms with E-state index in [4.69, 9.17) is 4.74 Å². The van der Waals surface area contributed by atoms with Gasteiger partial charge in [-0.15, -0.1) is 0 Å². The van der Waals surface area contributed by atoms with Crippen LogP contribution < -0.4 is 10.7 Å². The fourth-order valence-corrected chi connectivity index (χ4v) is 1.99. The highest BCUT2D eigenvalue weighted by atomic mass is 16.6. The first-order chi connectivity index (χ1) is 11.1. The highest BCUT2D eigenvalue weighted by molar-refractivity contribution is 6.35. The Kier molecular flexibility index (Phi) is 5.75. The molecule has 0 unspecified atom stereocenters. The molecule has 1 aromatic carbocycles. The number of benzene rings is 1. The minimum Gasteiger partial charge on any atom is -0.376 e. The van der Waals surface area contributed by atoms with Crippen molar-refractivity contribution in [3.8, 4) is 0 Å². The van der Waals surface area contributed by atoms with E-state index < -0.39 is 16.7 Å². The van der Waals surface area contributed by atoms with Gasteiger partial charge in [0.2, 0.25) is 0 Å². The third-order valence-corrected chi connectivity index (χ3v) is 3.20. The SMILES string of the molecule is O=C(NC[C@@H]1CCCO1)C(=O)N/N=C\c1ccc([N+](=O)[O-])cc1. The van der Waals surface area contributed by atoms with E-state index in [1.165, 1.54) is 30.5 Å². The van der Waals surface area contributed by atoms with Crippen molar-refractivity contribution in [3.63, 3.8) is 0 Å². The number of ether oxygens (including phenoxy) is 1. The number of nitrogens with zero attached hydrogens (tertiary/aromatic N) is 2. The van der Waals surface area contributed by atoms with Crippen molar-refractivity contribution < 1.29 is 19.2 Å². The smallest absolute Gasteiger partial charge is 0.329 e. The van der Waals surface area contributed by atoms with Crippen LogP contribution in [0.3, 0.4) is 0 Å². The summed E-state index contributed by atoms with van der Waals surface area (Å²) < 4.78 is 5.32. The Morgan fingerprint density at radius 1 is 1.35 bits per heavy atom. The van der Waals surface area contributed by atoms with Crippen molar-refractivity contribution in [1.29, 1.82) is 0 Å². The zero-order valence-corrected chi connectivity index (χ0v) is 12.2. The Morgan fingerprint density at radius 2 is 2.09 bits per heavy atom. The number of carbonyl (C=O) groups is 2. The van der Waals surface area contributed by atoms with Gasteiger partial charge in [0, 0.05) is 25.3 Å². The zero-order valence-electron chi connectivity index (χ0n) is 12.2. The van der Waals surface area contributed by atoms with Crippen LogP contribution in [0.4, 0.5) is 5.69 Å². The van der Waals surface area contributed by atoms with Crippen molar-refractivity contribution in [1.82, 2.24) is 10.7 Å². The molecule has 23 heavy (non-hydrogen) atoms. The molecule has 1 heterocycles. The van der Waals surface area contributed by atoms with Gasteiger partial charge >= 0.3 is 11.8 Å². The van der Waals surface area contributed by atoms with Gasteiger partial charge < -0.3 is 10.1 Å². The lowest BCUT2D eigenvalue weighted by Crippen LogP contribution is -2.41. The molecular weight excluding hydrogens is 304 g/mol. The van der Waals surface area contributed by atoms with Gasteiger partial charge in [0.15, 0.2) is 0 Å². The molecule has 1 atom stereocenters. The number of amides is 2. The predicted molar refractivity (Wildman–Crippen MR) is 80.8 cm³/mol. The zero-order chi connectivity index (χ0) is 16.7. The molecule has 0 aromatic heterocycles. The second kappa shape index (κ2) is 7.99. The van der Waals surface area contributed by atoms with E-state index >= 15 is 0 Å². The largest absolute Gasteiger partial charge is 0.376 e. The normalized spacial score (nSPS) is 17.1. The van der Waals surface area contributed by atoms with Crippen LogP contribution in [0.2, 0.25) is 0 Å². The number of hydrazone groups is 1. The van der Waals surface area contributed by atoms with Crippen molar-refractivity contribution in [2.24, 2.45) is 5.10 Å². The molecule has 9 heteroatoms. The number of non-ortho nitro benzene ring substituents is 1. The summed E-state index contributed by atoms with van der Waals surface area (Å²) in [6, 6.07) is 5.59. The van der Waals surface area contributed by atoms with Crippen LogP contribution in [-0.4, -0.2) is 42.2 Å². The number of nitrogens with one attached hydrogen (secondary N) is 2. The van der Waals surface area contributed by atoms with E-state index in [0.717, 1.165) is 12.8 Å². The lowest BCUT2D eigenvalue weighted by atomic mass is 10.2. The van der Waals surface area contributed by atoms with Crippen molar-refractivity contribution >= 4 is 23.7 Å². The summed E-state index contributed by atoms with van der Waals surface area (Å²) in [4.78, 5) is 33.0. The highest BCUT2D eigenvalue weighted by Crippen LogP contribution is 2.11. The first kappa shape index (κ1) is 16.6. The molecule has 1 aromatic rings. The number of nitro groups is 1. The van der Waals surface area contributed by atoms with Gasteiger partial charge in [-0.3, -0.25) is 19.7 Å². The van der Waals surface area contributed by atoms with E-state index in [0.29, 0.717) is 18.7 Å². The van der Waals surface area contributed by atoms with Gasteiger partial charge in [-0.05, 0) is 30.5 Å². The monoisotopic (exact) mass is 320 g/mol. The summed E-state index contributed by atoms with van der Waals surface area (Å²) in [5.74, 6) is -1.68. The number of nitro benzene ring substituents is 1. The number of rotatable bonds is 5. The van der Waals surface area contributed by atoms with Crippen LogP contribution >= 0.6 is 0 Å². The molecule has 122 valence electrons. The molecular formula is C14H16N4O5. The summed E-state index contributed by atoms with van der Waals surface area (Å²) in [5.41, 5.74) is 2.60. The molecule has 1 aliphatic heterocycles. The Hall–Kier alpha value is -2.81. The summed E-state index contributed by atoms with van der Waals surface area (Å²) in [6.07, 6.45) is 3.05. The maximum Gasteiger partial charge on any atom is 0.329 e. The molecule has 0 radical (unpaired) electrons. The van der Waals surface area contributed by atoms with Gasteiger partial charge in [0.25, 0.3) is 5.69 Å². The second-order valence-electron chi connectivity index (χ2n) is 4.89. The maximum atomic E-state index is 11.5. The fourth-order valence-electron chi connectivity index (χ4n) is 1.99. The van der Waals surface area contributed by atoms with Crippen LogP contribution in [0.1, 0.15) is 18.4 Å². The standard InChI is InChI=1S/C14H16N4O5/c19-13(15-9-12-2-1-7-23-12)14(20)17-16-8-10-3-5-11(6-4-10)18(21)22/h3-6,8,12H,1-2,7,9H2,(H,15,19)(H,17,20)/b16-8-/t12-/m0/s1. The Balaban J connectivity index is 1.76. The molecule has 2 N–H and O–H groups in total. The number of hydrogen-bond acceptors (Lipinski definition) is 6. The summed E-state index contributed by atoms with van der Waals surface area (Å²) >= 11 is 0. The quantitative estimate of drug-likeness (QED) is 0.350. The van der Waals surface area contributed by atoms with Gasteiger partial charge in [0.1, 0.15) is 0 Å². The summed E-state index contributed by atoms with van der Waals surface area (Å²) in [7, 11) is 0. The minimum atomic E-state index is -0.888. The number of carbonyl (C=O) groups excluding carboxylic acids is 2. The van der Waals surface area contributed by atoms with Crippen molar-refractivity contribution in [3.05, 3.63) is 39.9 Å². The predicted octanol–water partition coefficient (Wildman–Crippen LogP) is 0.340. The third-order valence-electron chi connectivity index (χ3n) is 3.20. The molecule has 2 amide bonds. The lowest BCUT2D eigenvalue weighted by molar-refractivity contribution is -0.384. The Labute approximate surface area is 131 Å². The van der Waals surface area contributed by atoms with E-state index in [1.54, 1.807) is 0 Å². The maximum absolute atomic E-state index is 11.5. The van der Waals surface area contributed by atoms with Crippen LogP contribution in [0, 0.1) is 10.1 Å². The molecule has 1 aliphatic rings. The lowest BCUT2D eigenvalue weighted by Gasteiger charge is -2.09. The fraction of sp³-hybridized carbons (Fsp3) is 0.357. The van der Waals surface area contributed by atoms with Gasteiger partial charge in [0.05, 0.1) is 17.2 Å². The average Bonchev–Trinajstić information content (AvgIpc) is 3.06. The van der Waals surface area contributed by atoms with Gasteiger partial charge in [-0.25, -0.2) is 5.43 Å². The van der Waals surface area contributed by atoms with Crippen molar-refractivity contribution in [2.45, 2.75) is 18.9 Å². The second-order valence-corrected chi connectivity index (χ2v) is 4.89. The average molecular weight is 320 g/mol. The molecule has 2 rings (SSSR count). The van der Waals surface area contributed by atoms with Crippen LogP contribution in [0.15, 0.2) is 29.4 Å². The van der Waals surface area contributed by atoms with E-state index in [-0.39, 0.29) is 11.8 Å². The third kappa shape index (κ3) is 5.15. The molecule has 0 aliphatic carbocycles. The molecule has 0 saturated carbocycles. The highest BCUT2D eigenvalue weighted by Gasteiger charge is 2.18.